The number of benzene rings is 2. The second kappa shape index (κ2) is 9.02. The van der Waals surface area contributed by atoms with Crippen molar-refractivity contribution in [3.05, 3.63) is 64.3 Å². The van der Waals surface area contributed by atoms with Crippen LogP contribution in [0, 0.1) is 0 Å². The first-order valence-electron chi connectivity index (χ1n) is 9.85. The van der Waals surface area contributed by atoms with Crippen LogP contribution in [0.4, 0.5) is 11.4 Å². The molecule has 0 amide bonds. The van der Waals surface area contributed by atoms with E-state index in [4.69, 9.17) is 32.4 Å². The van der Waals surface area contributed by atoms with Gasteiger partial charge in [-0.1, -0.05) is 23.2 Å². The third-order valence-electron chi connectivity index (χ3n) is 5.21. The molecular formula is C23H24Cl2N2O2. The Balaban J connectivity index is 1.41. The first kappa shape index (κ1) is 20.0. The molecule has 0 radical (unpaired) electrons. The molecule has 29 heavy (non-hydrogen) atoms. The van der Waals surface area contributed by atoms with Crippen LogP contribution in [0.2, 0.25) is 10.0 Å². The normalized spacial score (nSPS) is 14.1. The topological polar surface area (TPSA) is 37.6 Å². The fraction of sp³-hybridized carbons (Fsp3) is 0.304. The van der Waals surface area contributed by atoms with E-state index in [1.807, 2.05) is 36.4 Å². The predicted molar refractivity (Wildman–Crippen MR) is 121 cm³/mol. The van der Waals surface area contributed by atoms with Crippen molar-refractivity contribution in [2.75, 3.05) is 30.4 Å². The zero-order valence-electron chi connectivity index (χ0n) is 16.4. The van der Waals surface area contributed by atoms with Gasteiger partial charge in [0.25, 0.3) is 0 Å². The number of piperidine rings is 1. The summed E-state index contributed by atoms with van der Waals surface area (Å²) in [5.41, 5.74) is 3.01. The molecule has 0 atom stereocenters. The number of ether oxygens (including phenoxy) is 1. The molecule has 6 heteroatoms. The molecular weight excluding hydrogens is 407 g/mol. The highest BCUT2D eigenvalue weighted by Crippen LogP contribution is 2.32. The maximum Gasteiger partial charge on any atom is 0.137 e. The quantitative estimate of drug-likeness (QED) is 0.463. The van der Waals surface area contributed by atoms with E-state index in [1.165, 1.54) is 19.3 Å². The summed E-state index contributed by atoms with van der Waals surface area (Å²) in [5.74, 6) is 2.25. The first-order chi connectivity index (χ1) is 14.1. The van der Waals surface area contributed by atoms with Gasteiger partial charge in [0, 0.05) is 24.3 Å². The standard InChI is InChI=1S/C23H24Cl2N2O2/c1-28-23-9-5-16(13-20(23)25)22-10-7-18(29-22)15-26-17-6-8-21(19(24)14-17)27-11-3-2-4-12-27/h5-10,13-14,26H,2-4,11-12,15H2,1H3. The molecule has 0 unspecified atom stereocenters. The van der Waals surface area contributed by atoms with Crippen molar-refractivity contribution in [3.63, 3.8) is 0 Å². The molecule has 4 rings (SSSR count). The van der Waals surface area contributed by atoms with Crippen molar-refractivity contribution in [1.82, 2.24) is 0 Å². The maximum absolute atomic E-state index is 6.54. The predicted octanol–water partition coefficient (Wildman–Crippen LogP) is 6.86. The Bertz CT molecular complexity index is 981. The number of nitrogens with zero attached hydrogens (tertiary/aromatic N) is 1. The molecule has 1 aliphatic rings. The number of anilines is 2. The van der Waals surface area contributed by atoms with Crippen LogP contribution >= 0.6 is 23.2 Å². The van der Waals surface area contributed by atoms with Crippen molar-refractivity contribution in [3.8, 4) is 17.1 Å². The second-order valence-corrected chi connectivity index (χ2v) is 8.00. The SMILES string of the molecule is COc1ccc(-c2ccc(CNc3ccc(N4CCCCC4)c(Cl)c3)o2)cc1Cl. The van der Waals surface area contributed by atoms with Crippen molar-refractivity contribution in [1.29, 1.82) is 0 Å². The van der Waals surface area contributed by atoms with E-state index in [-0.39, 0.29) is 0 Å². The van der Waals surface area contributed by atoms with Gasteiger partial charge in [-0.2, -0.15) is 0 Å². The Kier molecular flexibility index (Phi) is 6.22. The third kappa shape index (κ3) is 4.65. The molecule has 1 N–H and O–H groups in total. The molecule has 152 valence electrons. The molecule has 0 bridgehead atoms. The fourth-order valence-electron chi connectivity index (χ4n) is 3.65. The smallest absolute Gasteiger partial charge is 0.137 e. The van der Waals surface area contributed by atoms with Gasteiger partial charge >= 0.3 is 0 Å². The van der Waals surface area contributed by atoms with Gasteiger partial charge in [-0.05, 0) is 67.8 Å². The highest BCUT2D eigenvalue weighted by Gasteiger charge is 2.14. The van der Waals surface area contributed by atoms with Gasteiger partial charge in [0.05, 0.1) is 29.4 Å². The van der Waals surface area contributed by atoms with E-state index >= 15 is 0 Å². The van der Waals surface area contributed by atoms with Gasteiger partial charge in [0.15, 0.2) is 0 Å². The van der Waals surface area contributed by atoms with E-state index < -0.39 is 0 Å². The number of rotatable bonds is 6. The Morgan fingerprint density at radius 3 is 2.52 bits per heavy atom. The van der Waals surface area contributed by atoms with E-state index in [0.717, 1.165) is 46.6 Å². The molecule has 0 aliphatic carbocycles. The number of methoxy groups -OCH3 is 1. The van der Waals surface area contributed by atoms with Crippen molar-refractivity contribution in [2.24, 2.45) is 0 Å². The first-order valence-corrected chi connectivity index (χ1v) is 10.6. The monoisotopic (exact) mass is 430 g/mol. The summed E-state index contributed by atoms with van der Waals surface area (Å²) in [6.45, 7) is 2.73. The zero-order valence-corrected chi connectivity index (χ0v) is 17.9. The minimum absolute atomic E-state index is 0.560. The molecule has 3 aromatic rings. The summed E-state index contributed by atoms with van der Waals surface area (Å²) in [6, 6.07) is 15.7. The summed E-state index contributed by atoms with van der Waals surface area (Å²) >= 11 is 12.8. The Hall–Kier alpha value is -2.30. The number of halogens is 2. The van der Waals surface area contributed by atoms with Crippen molar-refractivity contribution >= 4 is 34.6 Å². The second-order valence-electron chi connectivity index (χ2n) is 7.18. The van der Waals surface area contributed by atoms with Crippen LogP contribution in [0.25, 0.3) is 11.3 Å². The average Bonchev–Trinajstić information content (AvgIpc) is 3.22. The third-order valence-corrected chi connectivity index (χ3v) is 5.81. The molecule has 0 spiro atoms. The van der Waals surface area contributed by atoms with Crippen LogP contribution in [-0.4, -0.2) is 20.2 Å². The molecule has 4 nitrogen and oxygen atoms in total. The zero-order chi connectivity index (χ0) is 20.2. The van der Waals surface area contributed by atoms with Gasteiger partial charge < -0.3 is 19.4 Å². The van der Waals surface area contributed by atoms with Crippen molar-refractivity contribution < 1.29 is 9.15 Å². The summed E-state index contributed by atoms with van der Waals surface area (Å²) in [7, 11) is 1.60. The van der Waals surface area contributed by atoms with Gasteiger partial charge in [0.1, 0.15) is 17.3 Å². The lowest BCUT2D eigenvalue weighted by atomic mass is 10.1. The Morgan fingerprint density at radius 2 is 1.79 bits per heavy atom. The lowest BCUT2D eigenvalue weighted by molar-refractivity contribution is 0.415. The Morgan fingerprint density at radius 1 is 0.966 bits per heavy atom. The highest BCUT2D eigenvalue weighted by molar-refractivity contribution is 6.33. The molecule has 2 aromatic carbocycles. The molecule has 0 saturated carbocycles. The van der Waals surface area contributed by atoms with E-state index in [2.05, 4.69) is 22.3 Å². The van der Waals surface area contributed by atoms with E-state index in [1.54, 1.807) is 7.11 Å². The minimum atomic E-state index is 0.560. The summed E-state index contributed by atoms with van der Waals surface area (Å²) in [6.07, 6.45) is 3.77. The summed E-state index contributed by atoms with van der Waals surface area (Å²) < 4.78 is 11.2. The molecule has 1 fully saturated rings. The number of furan rings is 1. The highest BCUT2D eigenvalue weighted by atomic mass is 35.5. The molecule has 2 heterocycles. The number of hydrogen-bond donors (Lipinski definition) is 1. The fourth-order valence-corrected chi connectivity index (χ4v) is 4.20. The molecule has 1 aliphatic heterocycles. The largest absolute Gasteiger partial charge is 0.495 e. The number of hydrogen-bond acceptors (Lipinski definition) is 4. The summed E-state index contributed by atoms with van der Waals surface area (Å²) in [4.78, 5) is 2.37. The van der Waals surface area contributed by atoms with Crippen LogP contribution in [0.5, 0.6) is 5.75 Å². The Labute approximate surface area is 181 Å². The van der Waals surface area contributed by atoms with E-state index in [9.17, 15) is 0 Å². The van der Waals surface area contributed by atoms with Gasteiger partial charge in [-0.3, -0.25) is 0 Å². The van der Waals surface area contributed by atoms with Crippen LogP contribution in [0.1, 0.15) is 25.0 Å². The van der Waals surface area contributed by atoms with Crippen LogP contribution < -0.4 is 15.0 Å². The lowest BCUT2D eigenvalue weighted by Gasteiger charge is -2.29. The molecule has 1 saturated heterocycles. The number of nitrogens with one attached hydrogen (secondary N) is 1. The van der Waals surface area contributed by atoms with Crippen LogP contribution in [0.15, 0.2) is 52.9 Å². The lowest BCUT2D eigenvalue weighted by Crippen LogP contribution is -2.29. The summed E-state index contributed by atoms with van der Waals surface area (Å²) in [5, 5.41) is 4.73. The van der Waals surface area contributed by atoms with Gasteiger partial charge in [0.2, 0.25) is 0 Å². The van der Waals surface area contributed by atoms with Crippen LogP contribution in [-0.2, 0) is 6.54 Å². The molecule has 1 aromatic heterocycles. The van der Waals surface area contributed by atoms with Gasteiger partial charge in [-0.25, -0.2) is 0 Å². The maximum atomic E-state index is 6.54. The van der Waals surface area contributed by atoms with Crippen molar-refractivity contribution in [2.45, 2.75) is 25.8 Å². The van der Waals surface area contributed by atoms with Gasteiger partial charge in [-0.15, -0.1) is 0 Å². The minimum Gasteiger partial charge on any atom is -0.495 e. The average molecular weight is 431 g/mol. The van der Waals surface area contributed by atoms with Crippen LogP contribution in [0.3, 0.4) is 0 Å². The van der Waals surface area contributed by atoms with E-state index in [0.29, 0.717) is 17.3 Å².